The average molecular weight is 207 g/mol. The van der Waals surface area contributed by atoms with Crippen molar-refractivity contribution in [3.63, 3.8) is 0 Å². The van der Waals surface area contributed by atoms with Crippen LogP contribution in [0.4, 0.5) is 0 Å². The molecule has 1 aliphatic heterocycles. The Hall–Kier alpha value is 0.440. The maximum absolute atomic E-state index is 5.58. The molecule has 0 aromatic heterocycles. The van der Waals surface area contributed by atoms with Gasteiger partial charge in [-0.1, -0.05) is 15.9 Å². The van der Waals surface area contributed by atoms with Gasteiger partial charge in [-0.2, -0.15) is 0 Å². The summed E-state index contributed by atoms with van der Waals surface area (Å²) in [6.07, 6.45) is 2.41. The molecule has 0 bridgehead atoms. The van der Waals surface area contributed by atoms with Crippen molar-refractivity contribution in [2.24, 2.45) is 5.92 Å². The Morgan fingerprint density at radius 3 is 2.70 bits per heavy atom. The van der Waals surface area contributed by atoms with Crippen LogP contribution in [0.1, 0.15) is 26.7 Å². The number of hydrogen-bond acceptors (Lipinski definition) is 1. The van der Waals surface area contributed by atoms with E-state index >= 15 is 0 Å². The van der Waals surface area contributed by atoms with Gasteiger partial charge in [0.2, 0.25) is 0 Å². The number of alkyl halides is 1. The third-order valence-corrected chi connectivity index (χ3v) is 2.93. The molecular weight excluding hydrogens is 192 g/mol. The SMILES string of the molecule is CC1(C)C[C@H](CBr)CCO1. The molecule has 0 aromatic carbocycles. The van der Waals surface area contributed by atoms with Crippen LogP contribution in [-0.4, -0.2) is 17.5 Å². The van der Waals surface area contributed by atoms with Crippen LogP contribution < -0.4 is 0 Å². The van der Waals surface area contributed by atoms with E-state index in [1.165, 1.54) is 12.8 Å². The van der Waals surface area contributed by atoms with Gasteiger partial charge in [0.25, 0.3) is 0 Å². The van der Waals surface area contributed by atoms with Crippen LogP contribution >= 0.6 is 15.9 Å². The molecule has 0 N–H and O–H groups in total. The largest absolute Gasteiger partial charge is 0.376 e. The van der Waals surface area contributed by atoms with Crippen LogP contribution in [0.2, 0.25) is 0 Å². The molecule has 0 unspecified atom stereocenters. The summed E-state index contributed by atoms with van der Waals surface area (Å²) in [5.74, 6) is 0.823. The molecule has 0 aliphatic carbocycles. The van der Waals surface area contributed by atoms with Crippen molar-refractivity contribution in [3.05, 3.63) is 0 Å². The Balaban J connectivity index is 2.40. The lowest BCUT2D eigenvalue weighted by Gasteiger charge is -2.34. The lowest BCUT2D eigenvalue weighted by Crippen LogP contribution is -2.34. The normalized spacial score (nSPS) is 32.1. The molecular formula is C8H15BrO. The molecule has 1 fully saturated rings. The molecule has 1 nitrogen and oxygen atoms in total. The smallest absolute Gasteiger partial charge is 0.0629 e. The Kier molecular flexibility index (Phi) is 2.75. The van der Waals surface area contributed by atoms with Crippen LogP contribution in [-0.2, 0) is 4.74 Å². The second-order valence-electron chi connectivity index (χ2n) is 3.62. The Morgan fingerprint density at radius 2 is 2.30 bits per heavy atom. The summed E-state index contributed by atoms with van der Waals surface area (Å²) in [6.45, 7) is 5.27. The molecule has 0 radical (unpaired) electrons. The van der Waals surface area contributed by atoms with E-state index < -0.39 is 0 Å². The predicted molar refractivity (Wildman–Crippen MR) is 46.5 cm³/mol. The molecule has 2 heteroatoms. The number of hydrogen-bond donors (Lipinski definition) is 0. The summed E-state index contributed by atoms with van der Waals surface area (Å²) in [5.41, 5.74) is 0.122. The fourth-order valence-corrected chi connectivity index (χ4v) is 2.04. The Morgan fingerprint density at radius 1 is 1.60 bits per heavy atom. The summed E-state index contributed by atoms with van der Waals surface area (Å²) in [5, 5.41) is 1.12. The fourth-order valence-electron chi connectivity index (χ4n) is 1.49. The van der Waals surface area contributed by atoms with Crippen molar-refractivity contribution in [1.82, 2.24) is 0 Å². The first-order valence-corrected chi connectivity index (χ1v) is 4.96. The minimum atomic E-state index is 0.122. The summed E-state index contributed by atoms with van der Waals surface area (Å²) in [7, 11) is 0. The van der Waals surface area contributed by atoms with E-state index in [0.717, 1.165) is 17.9 Å². The molecule has 1 saturated heterocycles. The number of ether oxygens (including phenoxy) is 1. The zero-order chi connectivity index (χ0) is 7.61. The second kappa shape index (κ2) is 3.22. The topological polar surface area (TPSA) is 9.23 Å². The standard InChI is InChI=1S/C8H15BrO/c1-8(2)5-7(6-9)3-4-10-8/h7H,3-6H2,1-2H3/t7-/m1/s1. The van der Waals surface area contributed by atoms with Crippen molar-refractivity contribution >= 4 is 15.9 Å². The van der Waals surface area contributed by atoms with Gasteiger partial charge in [0, 0.05) is 11.9 Å². The second-order valence-corrected chi connectivity index (χ2v) is 4.27. The molecule has 1 rings (SSSR count). The van der Waals surface area contributed by atoms with Crippen LogP contribution in [0.5, 0.6) is 0 Å². The first-order valence-electron chi connectivity index (χ1n) is 3.84. The van der Waals surface area contributed by atoms with E-state index in [1.807, 2.05) is 0 Å². The first kappa shape index (κ1) is 8.54. The Labute approximate surface area is 71.3 Å². The molecule has 0 aromatic rings. The van der Waals surface area contributed by atoms with E-state index in [-0.39, 0.29) is 5.60 Å². The molecule has 10 heavy (non-hydrogen) atoms. The van der Waals surface area contributed by atoms with Crippen LogP contribution in [0.25, 0.3) is 0 Å². The lowest BCUT2D eigenvalue weighted by molar-refractivity contribution is -0.0681. The highest BCUT2D eigenvalue weighted by atomic mass is 79.9. The van der Waals surface area contributed by atoms with E-state index in [4.69, 9.17) is 4.74 Å². The van der Waals surface area contributed by atoms with Crippen molar-refractivity contribution < 1.29 is 4.74 Å². The molecule has 1 aliphatic rings. The van der Waals surface area contributed by atoms with Crippen molar-refractivity contribution in [2.75, 3.05) is 11.9 Å². The van der Waals surface area contributed by atoms with Crippen molar-refractivity contribution in [3.8, 4) is 0 Å². The number of rotatable bonds is 1. The highest BCUT2D eigenvalue weighted by molar-refractivity contribution is 9.09. The van der Waals surface area contributed by atoms with Gasteiger partial charge in [-0.25, -0.2) is 0 Å². The molecule has 0 amide bonds. The van der Waals surface area contributed by atoms with Gasteiger partial charge >= 0.3 is 0 Å². The zero-order valence-electron chi connectivity index (χ0n) is 6.69. The highest BCUT2D eigenvalue weighted by Gasteiger charge is 2.27. The van der Waals surface area contributed by atoms with Gasteiger partial charge in [0.1, 0.15) is 0 Å². The third kappa shape index (κ3) is 2.24. The maximum atomic E-state index is 5.58. The monoisotopic (exact) mass is 206 g/mol. The fraction of sp³-hybridized carbons (Fsp3) is 1.00. The van der Waals surface area contributed by atoms with Crippen LogP contribution in [0.15, 0.2) is 0 Å². The summed E-state index contributed by atoms with van der Waals surface area (Å²) in [6, 6.07) is 0. The van der Waals surface area contributed by atoms with Gasteiger partial charge in [0.15, 0.2) is 0 Å². The molecule has 60 valence electrons. The van der Waals surface area contributed by atoms with Crippen LogP contribution in [0, 0.1) is 5.92 Å². The summed E-state index contributed by atoms with van der Waals surface area (Å²) < 4.78 is 5.58. The minimum Gasteiger partial charge on any atom is -0.376 e. The first-order chi connectivity index (χ1) is 4.64. The minimum absolute atomic E-state index is 0.122. The summed E-state index contributed by atoms with van der Waals surface area (Å²) in [4.78, 5) is 0. The van der Waals surface area contributed by atoms with E-state index in [1.54, 1.807) is 0 Å². The van der Waals surface area contributed by atoms with Gasteiger partial charge in [-0.05, 0) is 32.6 Å². The molecule has 0 saturated carbocycles. The number of halogens is 1. The highest BCUT2D eigenvalue weighted by Crippen LogP contribution is 2.29. The molecule has 1 heterocycles. The van der Waals surface area contributed by atoms with E-state index in [2.05, 4.69) is 29.8 Å². The zero-order valence-corrected chi connectivity index (χ0v) is 8.28. The van der Waals surface area contributed by atoms with Gasteiger partial charge in [-0.15, -0.1) is 0 Å². The average Bonchev–Trinajstić information content (AvgIpc) is 1.86. The summed E-state index contributed by atoms with van der Waals surface area (Å²) >= 11 is 3.51. The van der Waals surface area contributed by atoms with Crippen molar-refractivity contribution in [1.29, 1.82) is 0 Å². The van der Waals surface area contributed by atoms with E-state index in [0.29, 0.717) is 0 Å². The van der Waals surface area contributed by atoms with Gasteiger partial charge < -0.3 is 4.74 Å². The van der Waals surface area contributed by atoms with E-state index in [9.17, 15) is 0 Å². The van der Waals surface area contributed by atoms with Gasteiger partial charge in [0.05, 0.1) is 5.60 Å². The maximum Gasteiger partial charge on any atom is 0.0629 e. The molecule has 1 atom stereocenters. The predicted octanol–water partition coefficient (Wildman–Crippen LogP) is 2.59. The van der Waals surface area contributed by atoms with Crippen molar-refractivity contribution in [2.45, 2.75) is 32.3 Å². The molecule has 0 spiro atoms. The van der Waals surface area contributed by atoms with Gasteiger partial charge in [-0.3, -0.25) is 0 Å². The lowest BCUT2D eigenvalue weighted by atomic mass is 9.90. The van der Waals surface area contributed by atoms with Crippen LogP contribution in [0.3, 0.4) is 0 Å². The Bertz CT molecular complexity index is 112. The quantitative estimate of drug-likeness (QED) is 0.600. The third-order valence-electron chi connectivity index (χ3n) is 2.02.